The molecular weight excluding hydrogens is 249 g/mol. The maximum atomic E-state index is 6.13. The van der Waals surface area contributed by atoms with E-state index in [1.807, 2.05) is 0 Å². The maximum Gasteiger partial charge on any atom is 0.137 e. The first-order valence-corrected chi connectivity index (χ1v) is 5.51. The molecule has 0 bridgehead atoms. The van der Waals surface area contributed by atoms with Crippen molar-refractivity contribution in [2.45, 2.75) is 13.2 Å². The molecule has 3 nitrogen and oxygen atoms in total. The third-order valence-electron chi connectivity index (χ3n) is 2.36. The highest BCUT2D eigenvalue weighted by Crippen LogP contribution is 2.34. The minimum Gasteiger partial charge on any atom is -0.459 e. The fourth-order valence-corrected chi connectivity index (χ4v) is 2.31. The minimum absolute atomic E-state index is 0.307. The summed E-state index contributed by atoms with van der Waals surface area (Å²) in [4.78, 5) is 0. The number of fused-ring (bicyclic) bond motifs is 1. The summed E-state index contributed by atoms with van der Waals surface area (Å²) >= 11 is 12.0. The molecule has 16 heavy (non-hydrogen) atoms. The molecule has 0 aliphatic carbocycles. The first-order chi connectivity index (χ1) is 7.67. The zero-order valence-electron chi connectivity index (χ0n) is 8.72. The standard InChI is InChI=1S/C11H11Cl2NO2/c1-15-5-7-10(4-14)16-9-3-6(12)2-8(13)11(7)9/h2-3H,4-5,14H2,1H3. The van der Waals surface area contributed by atoms with Crippen LogP contribution in [-0.2, 0) is 17.9 Å². The Morgan fingerprint density at radius 1 is 1.38 bits per heavy atom. The highest BCUT2D eigenvalue weighted by atomic mass is 35.5. The Morgan fingerprint density at radius 2 is 2.12 bits per heavy atom. The summed E-state index contributed by atoms with van der Waals surface area (Å²) in [6, 6.07) is 3.40. The van der Waals surface area contributed by atoms with Gasteiger partial charge in [-0.2, -0.15) is 0 Å². The van der Waals surface area contributed by atoms with Gasteiger partial charge in [0.05, 0.1) is 18.2 Å². The number of furan rings is 1. The fourth-order valence-electron chi connectivity index (χ4n) is 1.72. The van der Waals surface area contributed by atoms with E-state index in [-0.39, 0.29) is 0 Å². The van der Waals surface area contributed by atoms with Crippen LogP contribution in [-0.4, -0.2) is 7.11 Å². The van der Waals surface area contributed by atoms with Crippen LogP contribution in [0.4, 0.5) is 0 Å². The van der Waals surface area contributed by atoms with Crippen LogP contribution in [0.2, 0.25) is 10.0 Å². The van der Waals surface area contributed by atoms with Gasteiger partial charge in [-0.05, 0) is 6.07 Å². The summed E-state index contributed by atoms with van der Waals surface area (Å²) in [5.74, 6) is 0.681. The van der Waals surface area contributed by atoms with Gasteiger partial charge in [-0.25, -0.2) is 0 Å². The van der Waals surface area contributed by atoms with Crippen molar-refractivity contribution in [2.24, 2.45) is 5.73 Å². The quantitative estimate of drug-likeness (QED) is 0.920. The second-order valence-corrected chi connectivity index (χ2v) is 4.25. The molecule has 1 aromatic heterocycles. The number of benzene rings is 1. The molecule has 1 aromatic carbocycles. The lowest BCUT2D eigenvalue weighted by Crippen LogP contribution is -1.99. The van der Waals surface area contributed by atoms with Crippen LogP contribution >= 0.6 is 23.2 Å². The number of hydrogen-bond acceptors (Lipinski definition) is 3. The van der Waals surface area contributed by atoms with E-state index in [1.54, 1.807) is 19.2 Å². The molecule has 0 spiro atoms. The number of methoxy groups -OCH3 is 1. The van der Waals surface area contributed by atoms with Gasteiger partial charge in [-0.3, -0.25) is 0 Å². The Labute approximate surface area is 103 Å². The topological polar surface area (TPSA) is 48.4 Å². The number of nitrogens with two attached hydrogens (primary N) is 1. The van der Waals surface area contributed by atoms with Crippen LogP contribution < -0.4 is 5.73 Å². The van der Waals surface area contributed by atoms with Crippen molar-refractivity contribution in [3.8, 4) is 0 Å². The number of halogens is 2. The Bertz CT molecular complexity index is 522. The first kappa shape index (κ1) is 11.7. The van der Waals surface area contributed by atoms with Crippen molar-refractivity contribution >= 4 is 34.2 Å². The third-order valence-corrected chi connectivity index (χ3v) is 2.88. The molecule has 86 valence electrons. The Morgan fingerprint density at radius 3 is 2.75 bits per heavy atom. The Kier molecular flexibility index (Phi) is 3.40. The molecule has 0 saturated heterocycles. The largest absolute Gasteiger partial charge is 0.459 e. The van der Waals surface area contributed by atoms with E-state index >= 15 is 0 Å². The molecule has 5 heteroatoms. The predicted octanol–water partition coefficient (Wildman–Crippen LogP) is 3.34. The molecular formula is C11H11Cl2NO2. The first-order valence-electron chi connectivity index (χ1n) is 4.75. The maximum absolute atomic E-state index is 6.13. The van der Waals surface area contributed by atoms with Crippen LogP contribution in [0.1, 0.15) is 11.3 Å². The molecule has 1 heterocycles. The smallest absolute Gasteiger partial charge is 0.137 e. The molecule has 0 saturated carbocycles. The third kappa shape index (κ3) is 1.92. The van der Waals surface area contributed by atoms with E-state index in [4.69, 9.17) is 38.1 Å². The van der Waals surface area contributed by atoms with E-state index in [0.29, 0.717) is 34.5 Å². The van der Waals surface area contributed by atoms with Crippen molar-refractivity contribution in [1.82, 2.24) is 0 Å². The summed E-state index contributed by atoms with van der Waals surface area (Å²) in [5.41, 5.74) is 7.14. The highest BCUT2D eigenvalue weighted by molar-refractivity contribution is 6.38. The van der Waals surface area contributed by atoms with Crippen molar-refractivity contribution in [3.63, 3.8) is 0 Å². The predicted molar refractivity (Wildman–Crippen MR) is 64.8 cm³/mol. The van der Waals surface area contributed by atoms with E-state index < -0.39 is 0 Å². The van der Waals surface area contributed by atoms with Gasteiger partial charge in [0.1, 0.15) is 11.3 Å². The molecule has 0 aliphatic heterocycles. The fraction of sp³-hybridized carbons (Fsp3) is 0.273. The molecule has 0 atom stereocenters. The molecule has 0 amide bonds. The lowest BCUT2D eigenvalue weighted by Gasteiger charge is -2.00. The van der Waals surface area contributed by atoms with Crippen molar-refractivity contribution in [2.75, 3.05) is 7.11 Å². The zero-order valence-corrected chi connectivity index (χ0v) is 10.2. The van der Waals surface area contributed by atoms with Crippen LogP contribution in [0.3, 0.4) is 0 Å². The number of hydrogen-bond donors (Lipinski definition) is 1. The van der Waals surface area contributed by atoms with Crippen LogP contribution in [0, 0.1) is 0 Å². The van der Waals surface area contributed by atoms with Crippen LogP contribution in [0.25, 0.3) is 11.0 Å². The van der Waals surface area contributed by atoms with Gasteiger partial charge >= 0.3 is 0 Å². The second kappa shape index (κ2) is 4.63. The molecule has 0 aliphatic rings. The Balaban J connectivity index is 2.73. The minimum atomic E-state index is 0.307. The van der Waals surface area contributed by atoms with Crippen LogP contribution in [0.5, 0.6) is 0 Å². The second-order valence-electron chi connectivity index (χ2n) is 3.40. The van der Waals surface area contributed by atoms with Crippen molar-refractivity contribution in [3.05, 3.63) is 33.5 Å². The molecule has 2 rings (SSSR count). The lowest BCUT2D eigenvalue weighted by molar-refractivity contribution is 0.184. The summed E-state index contributed by atoms with van der Waals surface area (Å²) in [6.45, 7) is 0.724. The van der Waals surface area contributed by atoms with Crippen molar-refractivity contribution < 1.29 is 9.15 Å². The average molecular weight is 260 g/mol. The molecule has 2 aromatic rings. The summed E-state index contributed by atoms with van der Waals surface area (Å²) in [7, 11) is 1.61. The number of ether oxygens (including phenoxy) is 1. The van der Waals surface area contributed by atoms with E-state index in [2.05, 4.69) is 0 Å². The van der Waals surface area contributed by atoms with Crippen molar-refractivity contribution in [1.29, 1.82) is 0 Å². The summed E-state index contributed by atoms with van der Waals surface area (Å²) < 4.78 is 10.7. The van der Waals surface area contributed by atoms with Gasteiger partial charge in [-0.15, -0.1) is 0 Å². The van der Waals surface area contributed by atoms with E-state index in [1.165, 1.54) is 0 Å². The van der Waals surface area contributed by atoms with Gasteiger partial charge in [0, 0.05) is 29.1 Å². The Hall–Kier alpha value is -0.740. The zero-order chi connectivity index (χ0) is 11.7. The van der Waals surface area contributed by atoms with Gasteiger partial charge in [0.25, 0.3) is 0 Å². The summed E-state index contributed by atoms with van der Waals surface area (Å²) in [5, 5.41) is 1.92. The van der Waals surface area contributed by atoms with E-state index in [9.17, 15) is 0 Å². The lowest BCUT2D eigenvalue weighted by atomic mass is 10.1. The molecule has 0 fully saturated rings. The molecule has 0 unspecified atom stereocenters. The normalized spacial score (nSPS) is 11.2. The monoisotopic (exact) mass is 259 g/mol. The SMILES string of the molecule is COCc1c(CN)oc2cc(Cl)cc(Cl)c12. The van der Waals surface area contributed by atoms with Gasteiger partial charge in [0.15, 0.2) is 0 Å². The van der Waals surface area contributed by atoms with Gasteiger partial charge < -0.3 is 14.9 Å². The van der Waals surface area contributed by atoms with Gasteiger partial charge in [0.2, 0.25) is 0 Å². The van der Waals surface area contributed by atoms with Crippen LogP contribution in [0.15, 0.2) is 16.5 Å². The molecule has 0 radical (unpaired) electrons. The number of rotatable bonds is 3. The molecule has 2 N–H and O–H groups in total. The van der Waals surface area contributed by atoms with Gasteiger partial charge in [-0.1, -0.05) is 23.2 Å². The summed E-state index contributed by atoms with van der Waals surface area (Å²) in [6.07, 6.45) is 0. The van der Waals surface area contributed by atoms with E-state index in [0.717, 1.165) is 10.9 Å². The highest BCUT2D eigenvalue weighted by Gasteiger charge is 2.16. The average Bonchev–Trinajstić information content (AvgIpc) is 2.57.